The van der Waals surface area contributed by atoms with Gasteiger partial charge in [-0.2, -0.15) is 0 Å². The molecule has 0 amide bonds. The lowest BCUT2D eigenvalue weighted by Gasteiger charge is -2.21. The number of carbonyl (C=O) groups is 4. The summed E-state index contributed by atoms with van der Waals surface area (Å²) in [6, 6.07) is 0. The Morgan fingerprint density at radius 1 is 0.580 bits per heavy atom. The topological polar surface area (TPSA) is 324 Å². The summed E-state index contributed by atoms with van der Waals surface area (Å²) in [5.74, 6) is 0.724. The fourth-order valence-electron chi connectivity index (χ4n) is 5.34. The molecule has 0 aliphatic heterocycles. The summed E-state index contributed by atoms with van der Waals surface area (Å²) in [6.07, 6.45) is -2.96. The molecule has 0 aliphatic rings. The lowest BCUT2D eigenvalue weighted by molar-refractivity contribution is -0.0205. The molecule has 4 rings (SSSR count). The number of carbonyl (C=O) groups excluding carboxylic acids is 4. The van der Waals surface area contributed by atoms with E-state index in [-0.39, 0.29) is 19.8 Å². The van der Waals surface area contributed by atoms with Crippen molar-refractivity contribution in [2.45, 2.75) is 132 Å². The summed E-state index contributed by atoms with van der Waals surface area (Å²) >= 11 is 0. The van der Waals surface area contributed by atoms with E-state index in [1.165, 1.54) is 25.3 Å². The van der Waals surface area contributed by atoms with Crippen molar-refractivity contribution in [3.8, 4) is 0 Å². The molecule has 0 aliphatic carbocycles. The van der Waals surface area contributed by atoms with Crippen LogP contribution in [0.3, 0.4) is 0 Å². The van der Waals surface area contributed by atoms with Crippen LogP contribution < -0.4 is 10.6 Å². The fraction of sp³-hybridized carbons (Fsp3) is 0.641. The van der Waals surface area contributed by atoms with Gasteiger partial charge in [0.15, 0.2) is 35.6 Å². The molecular weight excluding hydrogens is 958 g/mol. The van der Waals surface area contributed by atoms with E-state index in [1.807, 2.05) is 0 Å². The van der Waals surface area contributed by atoms with Gasteiger partial charge in [0, 0.05) is 0 Å². The van der Waals surface area contributed by atoms with Crippen molar-refractivity contribution in [1.29, 1.82) is 0 Å². The van der Waals surface area contributed by atoms with Gasteiger partial charge in [-0.25, -0.2) is 58.2 Å². The van der Waals surface area contributed by atoms with Gasteiger partial charge in [-0.15, -0.1) is 0 Å². The Bertz CT molecular complexity index is 2400. The summed E-state index contributed by atoms with van der Waals surface area (Å²) in [5, 5.41) is 6.34. The molecule has 0 spiro atoms. The first kappa shape index (κ1) is 55.7. The van der Waals surface area contributed by atoms with Crippen molar-refractivity contribution in [3.05, 3.63) is 25.3 Å². The zero-order valence-corrected chi connectivity index (χ0v) is 41.7. The second-order valence-corrected chi connectivity index (χ2v) is 19.4. The fourth-order valence-corrected chi connectivity index (χ4v) is 7.54. The quantitative estimate of drug-likeness (QED) is 0.0240. The average Bonchev–Trinajstić information content (AvgIpc) is 3.88. The number of hydrogen-bond acceptors (Lipinski definition) is 26. The highest BCUT2D eigenvalue weighted by atomic mass is 31.2. The zero-order chi connectivity index (χ0) is 50.7. The van der Waals surface area contributed by atoms with Crippen LogP contribution in [0.4, 0.5) is 30.8 Å². The molecule has 0 radical (unpaired) electrons. The third kappa shape index (κ3) is 18.5. The Labute approximate surface area is 397 Å². The largest absolute Gasteiger partial charge is 0.515 e. The predicted octanol–water partition coefficient (Wildman–Crippen LogP) is 7.53. The molecule has 4 heterocycles. The number of aromatic nitrogens is 8. The van der Waals surface area contributed by atoms with Gasteiger partial charge >= 0.3 is 39.8 Å². The van der Waals surface area contributed by atoms with Gasteiger partial charge in [-0.05, 0) is 68.2 Å². The third-order valence-electron chi connectivity index (χ3n) is 8.95. The molecule has 0 fully saturated rings. The van der Waals surface area contributed by atoms with E-state index >= 15 is 0 Å². The lowest BCUT2D eigenvalue weighted by atomic mass is 10.3. The highest BCUT2D eigenvalue weighted by molar-refractivity contribution is 7.54. The first-order valence-electron chi connectivity index (χ1n) is 21.7. The third-order valence-corrected chi connectivity index (χ3v) is 11.7. The van der Waals surface area contributed by atoms with E-state index in [0.717, 1.165) is 0 Å². The van der Waals surface area contributed by atoms with Gasteiger partial charge in [0.1, 0.15) is 35.9 Å². The van der Waals surface area contributed by atoms with Crippen LogP contribution in [0.5, 0.6) is 0 Å². The van der Waals surface area contributed by atoms with Crippen LogP contribution in [0.25, 0.3) is 22.3 Å². The van der Waals surface area contributed by atoms with Crippen LogP contribution in [0.1, 0.15) is 82.1 Å². The second kappa shape index (κ2) is 26.7. The Balaban J connectivity index is 1.38. The van der Waals surface area contributed by atoms with Crippen molar-refractivity contribution < 1.29 is 84.3 Å². The van der Waals surface area contributed by atoms with Crippen LogP contribution in [0.15, 0.2) is 25.3 Å². The van der Waals surface area contributed by atoms with Crippen LogP contribution in [0, 0.1) is 0 Å². The molecule has 2 N–H and O–H groups in total. The van der Waals surface area contributed by atoms with Gasteiger partial charge < -0.3 is 66.7 Å². The van der Waals surface area contributed by atoms with Gasteiger partial charge in [0.25, 0.3) is 0 Å². The van der Waals surface area contributed by atoms with Gasteiger partial charge in [-0.3, -0.25) is 9.05 Å². The van der Waals surface area contributed by atoms with Gasteiger partial charge in [0.2, 0.25) is 13.6 Å². The van der Waals surface area contributed by atoms with Crippen molar-refractivity contribution in [3.63, 3.8) is 0 Å². The van der Waals surface area contributed by atoms with Gasteiger partial charge in [-0.1, -0.05) is 13.8 Å². The molecule has 28 nitrogen and oxygen atoms in total. The molecule has 384 valence electrons. The van der Waals surface area contributed by atoms with Crippen LogP contribution in [-0.4, -0.2) is 133 Å². The zero-order valence-electron chi connectivity index (χ0n) is 40.0. The molecule has 4 aromatic heterocycles. The molecule has 0 bridgehead atoms. The minimum atomic E-state index is -4.40. The maximum absolute atomic E-state index is 13.6. The van der Waals surface area contributed by atoms with Crippen LogP contribution >= 0.6 is 15.2 Å². The number of nitrogens with zero attached hydrogens (tertiary/aromatic N) is 8. The van der Waals surface area contributed by atoms with Crippen molar-refractivity contribution in [2.24, 2.45) is 0 Å². The van der Waals surface area contributed by atoms with Crippen LogP contribution in [0.2, 0.25) is 0 Å². The van der Waals surface area contributed by atoms with E-state index in [4.69, 9.17) is 56.0 Å². The summed E-state index contributed by atoms with van der Waals surface area (Å²) in [7, 11) is -8.79. The normalized spacial score (nSPS) is 15.0. The molecule has 69 heavy (non-hydrogen) atoms. The molecule has 6 atom stereocenters. The van der Waals surface area contributed by atoms with Crippen LogP contribution in [-0.2, 0) is 78.2 Å². The average molecular weight is 1020 g/mol. The Kier molecular flexibility index (Phi) is 21.6. The highest BCUT2D eigenvalue weighted by Gasteiger charge is 2.34. The Hall–Kier alpha value is -5.92. The minimum absolute atomic E-state index is 0.0763. The number of rotatable bonds is 28. The first-order valence-corrected chi connectivity index (χ1v) is 25.1. The molecule has 4 unspecified atom stereocenters. The van der Waals surface area contributed by atoms with Crippen molar-refractivity contribution in [1.82, 2.24) is 39.0 Å². The first-order chi connectivity index (χ1) is 32.7. The second-order valence-electron chi connectivity index (χ2n) is 15.5. The summed E-state index contributed by atoms with van der Waals surface area (Å²) in [6.45, 7) is 15.2. The van der Waals surface area contributed by atoms with E-state index in [1.54, 1.807) is 78.4 Å². The molecule has 30 heteroatoms. The lowest BCUT2D eigenvalue weighted by Crippen LogP contribution is -2.21. The Morgan fingerprint density at radius 2 is 1.06 bits per heavy atom. The van der Waals surface area contributed by atoms with Crippen molar-refractivity contribution >= 4 is 73.8 Å². The SMILES string of the molecule is CCC(C)OC(=O)OP(=O)(CO[C@H](C)Cn1cnc2c(NCNc3ncnc4ncn(C[C@H](C)OCP(=O)(OCOC(=O)OC(C)C)OC(=O)OC(C)CC)c34)ncnc21)OCOC(=O)OC(C)C. The van der Waals surface area contributed by atoms with Gasteiger partial charge in [0.05, 0.1) is 56.8 Å². The summed E-state index contributed by atoms with van der Waals surface area (Å²) in [5.41, 5.74) is 1.64. The minimum Gasteiger partial charge on any atom is -0.432 e. The van der Waals surface area contributed by atoms with E-state index in [0.29, 0.717) is 46.8 Å². The molecule has 0 saturated heterocycles. The molecule has 0 aromatic carbocycles. The number of ether oxygens (including phenoxy) is 8. The number of anilines is 2. The van der Waals surface area contributed by atoms with Crippen molar-refractivity contribution in [2.75, 3.05) is 43.6 Å². The number of hydrogen-bond donors (Lipinski definition) is 2. The summed E-state index contributed by atoms with van der Waals surface area (Å²) < 4.78 is 92.0. The predicted molar refractivity (Wildman–Crippen MR) is 241 cm³/mol. The monoisotopic (exact) mass is 1020 g/mol. The summed E-state index contributed by atoms with van der Waals surface area (Å²) in [4.78, 5) is 74.6. The smallest absolute Gasteiger partial charge is 0.432 e. The molecule has 0 saturated carbocycles. The number of fused-ring (bicyclic) bond motifs is 2. The molecule has 4 aromatic rings. The number of imidazole rings is 2. The maximum Gasteiger partial charge on any atom is 0.515 e. The standard InChI is InChI=1S/C39H60N10O18P2/c1-11-26(7)64-38(52)66-68(54,60-20-56-36(50)62-24(3)4)22-58-28(9)13-48-19-47-34-31(48)33(43-16-44-34)42-15-40-32-30-35(45-17-41-32)49(18-46-30)14-29(10)59-23-69(55,67-39(53)65-27(8)12-2)61-21-57-37(51)63-25(5)6/h16-19,24-29H,11-15,20-23H2,1-10H3,(H,40,41,45)(H,42,43,44)/t26?,27?,28-,29+,68?,69?/m0/s1. The van der Waals surface area contributed by atoms with E-state index in [2.05, 4.69) is 40.5 Å². The maximum atomic E-state index is 13.6. The van der Waals surface area contributed by atoms with E-state index in [9.17, 15) is 28.3 Å². The molecular formula is C39H60N10O18P2. The number of nitrogens with one attached hydrogen (secondary N) is 2. The highest BCUT2D eigenvalue weighted by Crippen LogP contribution is 2.50. The van der Waals surface area contributed by atoms with E-state index < -0.39 is 103 Å². The Morgan fingerprint density at radius 3 is 1.58 bits per heavy atom.